The van der Waals surface area contributed by atoms with Crippen molar-refractivity contribution in [2.45, 2.75) is 24.5 Å². The molecule has 2 amide bonds. The fourth-order valence-corrected chi connectivity index (χ4v) is 2.61. The highest BCUT2D eigenvalue weighted by atomic mass is 32.2. The highest BCUT2D eigenvalue weighted by Gasteiger charge is 2.14. The van der Waals surface area contributed by atoms with Gasteiger partial charge in [-0.25, -0.2) is 15.1 Å². The SMILES string of the molecule is O=C(O)CONC(=O)NCC1CCCCS1. The first-order valence-corrected chi connectivity index (χ1v) is 6.22. The van der Waals surface area contributed by atoms with E-state index < -0.39 is 18.6 Å². The Hall–Kier alpha value is -0.950. The van der Waals surface area contributed by atoms with Crippen molar-refractivity contribution in [1.82, 2.24) is 10.8 Å². The van der Waals surface area contributed by atoms with Crippen LogP contribution >= 0.6 is 11.8 Å². The first-order valence-electron chi connectivity index (χ1n) is 5.17. The summed E-state index contributed by atoms with van der Waals surface area (Å²) in [6.07, 6.45) is 3.56. The van der Waals surface area contributed by atoms with Gasteiger partial charge in [-0.2, -0.15) is 11.8 Å². The molecule has 1 aliphatic heterocycles. The molecule has 16 heavy (non-hydrogen) atoms. The second kappa shape index (κ2) is 7.34. The van der Waals surface area contributed by atoms with Gasteiger partial charge in [0.1, 0.15) is 0 Å². The molecule has 7 heteroatoms. The van der Waals surface area contributed by atoms with E-state index in [0.717, 1.165) is 12.2 Å². The quantitative estimate of drug-likeness (QED) is 0.620. The second-order valence-electron chi connectivity index (χ2n) is 3.48. The molecule has 1 heterocycles. The lowest BCUT2D eigenvalue weighted by Gasteiger charge is -2.21. The fourth-order valence-electron chi connectivity index (χ4n) is 1.37. The summed E-state index contributed by atoms with van der Waals surface area (Å²) < 4.78 is 0. The average Bonchev–Trinajstić information content (AvgIpc) is 2.27. The van der Waals surface area contributed by atoms with Gasteiger partial charge in [-0.05, 0) is 18.6 Å². The van der Waals surface area contributed by atoms with Crippen LogP contribution in [-0.2, 0) is 9.63 Å². The zero-order valence-electron chi connectivity index (χ0n) is 8.90. The third-order valence-corrected chi connectivity index (χ3v) is 3.52. The molecule has 0 aliphatic carbocycles. The van der Waals surface area contributed by atoms with E-state index in [1.54, 1.807) is 0 Å². The summed E-state index contributed by atoms with van der Waals surface area (Å²) in [5.41, 5.74) is 2.01. The molecular weight excluding hydrogens is 232 g/mol. The molecule has 1 unspecified atom stereocenters. The zero-order chi connectivity index (χ0) is 11.8. The molecule has 0 aromatic rings. The Bertz CT molecular complexity index is 244. The molecule has 1 fully saturated rings. The van der Waals surface area contributed by atoms with Crippen LogP contribution < -0.4 is 10.8 Å². The van der Waals surface area contributed by atoms with Crippen LogP contribution in [0.25, 0.3) is 0 Å². The van der Waals surface area contributed by atoms with Crippen LogP contribution in [-0.4, -0.2) is 41.3 Å². The van der Waals surface area contributed by atoms with Crippen molar-refractivity contribution < 1.29 is 19.5 Å². The van der Waals surface area contributed by atoms with Gasteiger partial charge in [0.25, 0.3) is 0 Å². The zero-order valence-corrected chi connectivity index (χ0v) is 9.72. The maximum Gasteiger partial charge on any atom is 0.338 e. The van der Waals surface area contributed by atoms with E-state index in [9.17, 15) is 9.59 Å². The highest BCUT2D eigenvalue weighted by Crippen LogP contribution is 2.24. The van der Waals surface area contributed by atoms with Gasteiger partial charge in [0, 0.05) is 11.8 Å². The number of hydrogen-bond acceptors (Lipinski definition) is 4. The number of hydrogen-bond donors (Lipinski definition) is 3. The number of hydroxylamine groups is 1. The predicted molar refractivity (Wildman–Crippen MR) is 60.2 cm³/mol. The van der Waals surface area contributed by atoms with Gasteiger partial charge in [-0.3, -0.25) is 4.84 Å². The smallest absolute Gasteiger partial charge is 0.338 e. The Labute approximate surface area is 98.1 Å². The number of carboxylic acids is 1. The van der Waals surface area contributed by atoms with Gasteiger partial charge < -0.3 is 10.4 Å². The van der Waals surface area contributed by atoms with E-state index in [1.165, 1.54) is 12.8 Å². The average molecular weight is 248 g/mol. The van der Waals surface area contributed by atoms with E-state index in [-0.39, 0.29) is 0 Å². The molecule has 6 nitrogen and oxygen atoms in total. The predicted octanol–water partition coefficient (Wildman–Crippen LogP) is 0.588. The highest BCUT2D eigenvalue weighted by molar-refractivity contribution is 7.99. The van der Waals surface area contributed by atoms with Crippen LogP contribution in [0.5, 0.6) is 0 Å². The number of amides is 2. The van der Waals surface area contributed by atoms with E-state index in [4.69, 9.17) is 5.11 Å². The number of thioether (sulfide) groups is 1. The Kier molecular flexibility index (Phi) is 6.02. The van der Waals surface area contributed by atoms with Gasteiger partial charge in [0.15, 0.2) is 6.61 Å². The Morgan fingerprint density at radius 1 is 1.44 bits per heavy atom. The molecule has 0 spiro atoms. The number of rotatable bonds is 5. The molecule has 0 radical (unpaired) electrons. The van der Waals surface area contributed by atoms with Crippen LogP contribution in [0.15, 0.2) is 0 Å². The molecule has 0 saturated carbocycles. The summed E-state index contributed by atoms with van der Waals surface area (Å²) in [5, 5.41) is 11.4. The molecule has 0 aromatic carbocycles. The summed E-state index contributed by atoms with van der Waals surface area (Å²) in [5.74, 6) is 0.0202. The van der Waals surface area contributed by atoms with Crippen LogP contribution in [0.2, 0.25) is 0 Å². The number of aliphatic carboxylic acids is 1. The maximum absolute atomic E-state index is 11.1. The lowest BCUT2D eigenvalue weighted by molar-refractivity contribution is -0.144. The summed E-state index contributed by atoms with van der Waals surface area (Å²) in [4.78, 5) is 25.6. The number of urea groups is 1. The van der Waals surface area contributed by atoms with Crippen molar-refractivity contribution in [3.8, 4) is 0 Å². The van der Waals surface area contributed by atoms with Gasteiger partial charge in [0.2, 0.25) is 0 Å². The topological polar surface area (TPSA) is 87.7 Å². The van der Waals surface area contributed by atoms with Crippen molar-refractivity contribution in [2.75, 3.05) is 18.9 Å². The minimum Gasteiger partial charge on any atom is -0.479 e. The number of carboxylic acid groups (broad SMARTS) is 1. The monoisotopic (exact) mass is 248 g/mol. The van der Waals surface area contributed by atoms with E-state index in [0.29, 0.717) is 11.8 Å². The third kappa shape index (κ3) is 5.82. The van der Waals surface area contributed by atoms with Gasteiger partial charge in [-0.1, -0.05) is 6.42 Å². The van der Waals surface area contributed by atoms with Crippen LogP contribution in [0.4, 0.5) is 4.79 Å². The van der Waals surface area contributed by atoms with Crippen LogP contribution in [0, 0.1) is 0 Å². The molecule has 0 aromatic heterocycles. The minimum absolute atomic E-state index is 0.457. The first-order chi connectivity index (χ1) is 7.68. The lowest BCUT2D eigenvalue weighted by atomic mass is 10.2. The molecule has 92 valence electrons. The molecule has 0 bridgehead atoms. The minimum atomic E-state index is -1.12. The first kappa shape index (κ1) is 13.1. The van der Waals surface area contributed by atoms with Crippen LogP contribution in [0.3, 0.4) is 0 Å². The largest absolute Gasteiger partial charge is 0.479 e. The fraction of sp³-hybridized carbons (Fsp3) is 0.778. The van der Waals surface area contributed by atoms with Crippen molar-refractivity contribution >= 4 is 23.8 Å². The number of carbonyl (C=O) groups is 2. The van der Waals surface area contributed by atoms with E-state index in [1.807, 2.05) is 17.2 Å². The van der Waals surface area contributed by atoms with E-state index in [2.05, 4.69) is 10.2 Å². The Morgan fingerprint density at radius 2 is 2.25 bits per heavy atom. The lowest BCUT2D eigenvalue weighted by Crippen LogP contribution is -2.40. The normalized spacial score (nSPS) is 20.1. The van der Waals surface area contributed by atoms with Crippen LogP contribution in [0.1, 0.15) is 19.3 Å². The Balaban J connectivity index is 2.02. The van der Waals surface area contributed by atoms with Crippen molar-refractivity contribution in [3.05, 3.63) is 0 Å². The van der Waals surface area contributed by atoms with Gasteiger partial charge in [-0.15, -0.1) is 0 Å². The van der Waals surface area contributed by atoms with Gasteiger partial charge in [0.05, 0.1) is 0 Å². The summed E-state index contributed by atoms with van der Waals surface area (Å²) in [6, 6.07) is -0.493. The molecular formula is C9H16N2O4S. The summed E-state index contributed by atoms with van der Waals surface area (Å²) in [6.45, 7) is 0.0541. The maximum atomic E-state index is 11.1. The molecule has 1 saturated heterocycles. The molecule has 1 atom stereocenters. The standard InChI is InChI=1S/C9H16N2O4S/c12-8(13)6-15-11-9(14)10-5-7-3-1-2-4-16-7/h7H,1-6H2,(H,12,13)(H2,10,11,14). The van der Waals surface area contributed by atoms with Gasteiger partial charge >= 0.3 is 12.0 Å². The second-order valence-corrected chi connectivity index (χ2v) is 4.89. The Morgan fingerprint density at radius 3 is 2.88 bits per heavy atom. The van der Waals surface area contributed by atoms with Crippen molar-refractivity contribution in [1.29, 1.82) is 0 Å². The van der Waals surface area contributed by atoms with E-state index >= 15 is 0 Å². The third-order valence-electron chi connectivity index (χ3n) is 2.12. The number of carbonyl (C=O) groups excluding carboxylic acids is 1. The van der Waals surface area contributed by atoms with Crippen molar-refractivity contribution in [3.63, 3.8) is 0 Å². The molecule has 1 aliphatic rings. The summed E-state index contributed by atoms with van der Waals surface area (Å²) >= 11 is 1.86. The molecule has 1 rings (SSSR count). The van der Waals surface area contributed by atoms with Crippen molar-refractivity contribution in [2.24, 2.45) is 0 Å². The number of nitrogens with one attached hydrogen (secondary N) is 2. The molecule has 3 N–H and O–H groups in total. The summed E-state index contributed by atoms with van der Waals surface area (Å²) in [7, 11) is 0.